The van der Waals surface area contributed by atoms with Crippen molar-refractivity contribution in [2.45, 2.75) is 0 Å². The minimum atomic E-state index is 0.622. The van der Waals surface area contributed by atoms with Gasteiger partial charge in [-0.05, 0) is 52.1 Å². The molecule has 0 unspecified atom stereocenters. The smallest absolute Gasteiger partial charge is 0.164 e. The van der Waals surface area contributed by atoms with Crippen LogP contribution in [-0.2, 0) is 0 Å². The first-order valence-corrected chi connectivity index (χ1v) is 51.2. The number of para-hydroxylation sites is 3. The van der Waals surface area contributed by atoms with Gasteiger partial charge in [-0.25, -0.2) is 59.8 Å². The lowest BCUT2D eigenvalue weighted by molar-refractivity contribution is 1.07. The first-order valence-electron chi connectivity index (χ1n) is 48.8. The van der Waals surface area contributed by atoms with Crippen LogP contribution in [0.2, 0.25) is 0 Å². The van der Waals surface area contributed by atoms with Gasteiger partial charge in [0.15, 0.2) is 52.4 Å². The van der Waals surface area contributed by atoms with Crippen LogP contribution in [0.25, 0.3) is 274 Å². The lowest BCUT2D eigenvalue weighted by Crippen LogP contribution is -2.00. The molecule has 688 valence electrons. The van der Waals surface area contributed by atoms with Crippen LogP contribution in [0.4, 0.5) is 0 Å². The minimum Gasteiger partial charge on any atom is -0.246 e. The SMILES string of the molecule is c1ccc(-c2ccc(-c3nc(-c4ccccc4)nc(-c4ccc(-c5nc6c(-c7ccccc7)cccc6c6sc7ccccc7c56)cc4)n3)cc2)cc1.c1ccc(-c2nc(-c3ccccc3)nc(-c3ccc(-c4nc5c(-c6ccccc6)cccc5c5sc6ccccc6c45)cc3)n2)cc1.c1ccc(-c2nc(-c3ccccc3)nc(-c3cccc(-c4nc5c(-c6ccccc6)cccc5c5sc6ccccc6c45)c3)n2)cc1. The summed E-state index contributed by atoms with van der Waals surface area (Å²) < 4.78 is 7.50. The van der Waals surface area contributed by atoms with Crippen LogP contribution in [0.5, 0.6) is 0 Å². The Morgan fingerprint density at radius 2 is 0.306 bits per heavy atom. The molecule has 0 saturated heterocycles. The van der Waals surface area contributed by atoms with Gasteiger partial charge in [0.1, 0.15) is 0 Å². The Balaban J connectivity index is 0.000000112. The molecule has 0 aliphatic rings. The molecule has 15 heteroatoms. The van der Waals surface area contributed by atoms with E-state index in [1.165, 1.54) is 82.2 Å². The number of hydrogen-bond acceptors (Lipinski definition) is 15. The van der Waals surface area contributed by atoms with Crippen LogP contribution in [0.15, 0.2) is 497 Å². The van der Waals surface area contributed by atoms with E-state index in [1.807, 2.05) is 192 Å². The minimum absolute atomic E-state index is 0.622. The Morgan fingerprint density at radius 3 is 0.585 bits per heavy atom. The second-order valence-electron chi connectivity index (χ2n) is 35.9. The van der Waals surface area contributed by atoms with E-state index in [1.54, 1.807) is 0 Å². The number of aromatic nitrogens is 12. The van der Waals surface area contributed by atoms with Crippen LogP contribution >= 0.6 is 34.0 Å². The van der Waals surface area contributed by atoms with E-state index >= 15 is 0 Å². The average Bonchev–Trinajstić information content (AvgIpc) is 1.59. The zero-order chi connectivity index (χ0) is 97.5. The number of benzene rings is 19. The normalized spacial score (nSPS) is 11.4. The van der Waals surface area contributed by atoms with Gasteiger partial charge in [-0.15, -0.1) is 34.0 Å². The van der Waals surface area contributed by atoms with Crippen molar-refractivity contribution in [2.24, 2.45) is 0 Å². The van der Waals surface area contributed by atoms with Crippen molar-refractivity contribution in [2.75, 3.05) is 0 Å². The molecule has 9 heterocycles. The maximum absolute atomic E-state index is 5.49. The number of hydrogen-bond donors (Lipinski definition) is 0. The second kappa shape index (κ2) is 38.8. The Bertz CT molecular complexity index is 9690. The van der Waals surface area contributed by atoms with Crippen molar-refractivity contribution in [3.8, 4) is 181 Å². The molecule has 0 saturated carbocycles. The zero-order valence-electron chi connectivity index (χ0n) is 78.9. The predicted octanol–water partition coefficient (Wildman–Crippen LogP) is 35.0. The summed E-state index contributed by atoms with van der Waals surface area (Å²) in [4.78, 5) is 61.0. The van der Waals surface area contributed by atoms with Crippen molar-refractivity contribution in [1.82, 2.24) is 59.8 Å². The Labute approximate surface area is 858 Å². The third-order valence-corrected chi connectivity index (χ3v) is 30.4. The van der Waals surface area contributed by atoms with Crippen molar-refractivity contribution < 1.29 is 0 Å². The second-order valence-corrected chi connectivity index (χ2v) is 39.1. The summed E-state index contributed by atoms with van der Waals surface area (Å²) in [6.07, 6.45) is 0. The average molecular weight is 1930 g/mol. The van der Waals surface area contributed by atoms with Crippen molar-refractivity contribution >= 4 is 127 Å². The number of pyridine rings is 3. The monoisotopic (exact) mass is 1930 g/mol. The van der Waals surface area contributed by atoms with E-state index < -0.39 is 0 Å². The molecule has 0 spiro atoms. The van der Waals surface area contributed by atoms with Gasteiger partial charge >= 0.3 is 0 Å². The third kappa shape index (κ3) is 17.2. The van der Waals surface area contributed by atoms with Crippen molar-refractivity contribution in [3.05, 3.63) is 497 Å². The summed E-state index contributed by atoms with van der Waals surface area (Å²) >= 11 is 5.50. The molecule has 0 radical (unpaired) electrons. The molecule has 28 rings (SSSR count). The molecule has 0 aliphatic carbocycles. The van der Waals surface area contributed by atoms with E-state index in [-0.39, 0.29) is 0 Å². The molecule has 0 N–H and O–H groups in total. The van der Waals surface area contributed by atoms with Gasteiger partial charge in [0, 0.05) is 160 Å². The van der Waals surface area contributed by atoms with Crippen LogP contribution in [0, 0.1) is 0 Å². The maximum atomic E-state index is 5.49. The van der Waals surface area contributed by atoms with Gasteiger partial charge in [0.25, 0.3) is 0 Å². The number of rotatable bonds is 16. The van der Waals surface area contributed by atoms with Gasteiger partial charge in [-0.3, -0.25) is 0 Å². The van der Waals surface area contributed by atoms with Crippen LogP contribution in [0.1, 0.15) is 0 Å². The molecule has 0 atom stereocenters. The first-order chi connectivity index (χ1) is 72.9. The van der Waals surface area contributed by atoms with E-state index in [4.69, 9.17) is 59.8 Å². The quantitative estimate of drug-likeness (QED) is 0.0904. The number of thiophene rings is 3. The highest BCUT2D eigenvalue weighted by Gasteiger charge is 2.26. The molecule has 28 aromatic rings. The molecular formula is C132H82N12S3. The van der Waals surface area contributed by atoms with E-state index in [0.29, 0.717) is 52.4 Å². The Morgan fingerprint density at radius 1 is 0.122 bits per heavy atom. The molecule has 0 amide bonds. The molecule has 12 nitrogen and oxygen atoms in total. The standard InChI is InChI=1S/C48H30N4S.2C42H26N4S/c1-4-13-31(14-5-1)32-23-27-36(28-24-32)47-50-46(35-17-8-3-9-18-35)51-48(52-47)37-29-25-34(26-30-37)43-42-39-19-10-11-22-41(39)53-45(42)40-21-12-20-38(44(40)49-43)33-15-6-2-7-16-33;1-4-14-27(15-5-1)32-23-13-24-34-38(32)43-37(36-33-22-10-11-25-35(33)47-39(34)36)30-20-12-21-31(26-30)42-45-40(28-16-6-2-7-17-28)44-41(46-42)29-18-8-3-9-19-29;1-4-13-27(14-5-1)32-20-12-21-34-38(32)43-37(36-33-19-10-11-22-35(33)47-39(34)36)28-23-25-31(26-24-28)42-45-40(29-15-6-2-7-16-29)44-41(46-42)30-17-8-3-9-18-30/h1-30H;2*1-26H. The van der Waals surface area contributed by atoms with Crippen molar-refractivity contribution in [1.29, 1.82) is 0 Å². The highest BCUT2D eigenvalue weighted by molar-refractivity contribution is 7.27. The molecule has 147 heavy (non-hydrogen) atoms. The van der Waals surface area contributed by atoms with Crippen LogP contribution in [-0.4, -0.2) is 59.8 Å². The van der Waals surface area contributed by atoms with Gasteiger partial charge in [-0.2, -0.15) is 0 Å². The summed E-state index contributed by atoms with van der Waals surface area (Å²) in [6.45, 7) is 0. The Kier molecular flexibility index (Phi) is 23.3. The summed E-state index contributed by atoms with van der Waals surface area (Å²) in [5.41, 5.74) is 26.6. The largest absolute Gasteiger partial charge is 0.246 e. The van der Waals surface area contributed by atoms with Gasteiger partial charge < -0.3 is 0 Å². The topological polar surface area (TPSA) is 155 Å². The molecule has 0 fully saturated rings. The van der Waals surface area contributed by atoms with Crippen molar-refractivity contribution in [3.63, 3.8) is 0 Å². The maximum Gasteiger partial charge on any atom is 0.164 e. The number of nitrogens with zero attached hydrogens (tertiary/aromatic N) is 12. The van der Waals surface area contributed by atoms with E-state index in [2.05, 4.69) is 340 Å². The summed E-state index contributed by atoms with van der Waals surface area (Å²) in [6, 6.07) is 172. The zero-order valence-corrected chi connectivity index (χ0v) is 81.4. The van der Waals surface area contributed by atoms with Crippen LogP contribution < -0.4 is 0 Å². The van der Waals surface area contributed by atoms with Gasteiger partial charge in [0.2, 0.25) is 0 Å². The highest BCUT2D eigenvalue weighted by Crippen LogP contribution is 2.50. The summed E-state index contributed by atoms with van der Waals surface area (Å²) in [7, 11) is 0. The molecule has 0 aliphatic heterocycles. The molecule has 19 aromatic carbocycles. The fourth-order valence-electron chi connectivity index (χ4n) is 19.7. The van der Waals surface area contributed by atoms with Gasteiger partial charge in [0.05, 0.1) is 33.6 Å². The van der Waals surface area contributed by atoms with E-state index in [9.17, 15) is 0 Å². The molecular weight excluding hydrogens is 1850 g/mol. The predicted molar refractivity (Wildman–Crippen MR) is 611 cm³/mol. The lowest BCUT2D eigenvalue weighted by Gasteiger charge is -2.13. The summed E-state index contributed by atoms with van der Waals surface area (Å²) in [5, 5.41) is 10.7. The first kappa shape index (κ1) is 88.3. The summed E-state index contributed by atoms with van der Waals surface area (Å²) in [5.74, 6) is 5.72. The molecule has 9 aromatic heterocycles. The van der Waals surface area contributed by atoms with Crippen LogP contribution in [0.3, 0.4) is 0 Å². The van der Waals surface area contributed by atoms with E-state index in [0.717, 1.165) is 139 Å². The molecule has 0 bridgehead atoms. The fourth-order valence-corrected chi connectivity index (χ4v) is 23.4. The third-order valence-electron chi connectivity index (χ3n) is 26.8. The number of fused-ring (bicyclic) bond motifs is 15. The van der Waals surface area contributed by atoms with Gasteiger partial charge in [-0.1, -0.05) is 473 Å². The lowest BCUT2D eigenvalue weighted by atomic mass is 9.97. The fraction of sp³-hybridized carbons (Fsp3) is 0. The highest BCUT2D eigenvalue weighted by atomic mass is 32.1. The Hall–Kier alpha value is -18.9.